The Morgan fingerprint density at radius 1 is 1.28 bits per heavy atom. The van der Waals surface area contributed by atoms with E-state index in [1.54, 1.807) is 18.2 Å². The highest BCUT2D eigenvalue weighted by Crippen LogP contribution is 2.35. The largest absolute Gasteiger partial charge is 0.438 e. The van der Waals surface area contributed by atoms with Gasteiger partial charge in [-0.1, -0.05) is 12.1 Å². The van der Waals surface area contributed by atoms with Crippen LogP contribution in [0.3, 0.4) is 0 Å². The van der Waals surface area contributed by atoms with Crippen molar-refractivity contribution in [2.45, 2.75) is 32.0 Å². The van der Waals surface area contributed by atoms with Crippen LogP contribution in [0.1, 0.15) is 34.7 Å². The number of aromatic nitrogens is 1. The molecule has 1 aromatic carbocycles. The molecule has 11 heteroatoms. The van der Waals surface area contributed by atoms with E-state index in [1.807, 2.05) is 0 Å². The molecular weight excluding hydrogens is 402 g/mol. The number of imide groups is 1. The van der Waals surface area contributed by atoms with Gasteiger partial charge in [-0.25, -0.2) is 4.98 Å². The molecule has 1 saturated heterocycles. The zero-order valence-corrected chi connectivity index (χ0v) is 16.2. The molecule has 0 bridgehead atoms. The summed E-state index contributed by atoms with van der Waals surface area (Å²) in [5.41, 5.74) is 1.73. The van der Waals surface area contributed by atoms with Crippen LogP contribution in [0, 0.1) is 0 Å². The van der Waals surface area contributed by atoms with Crippen molar-refractivity contribution in [3.63, 3.8) is 0 Å². The first-order valence-corrected chi connectivity index (χ1v) is 10.6. The van der Waals surface area contributed by atoms with Crippen molar-refractivity contribution in [3.05, 3.63) is 41.4 Å². The molecule has 1 aromatic heterocycles. The molecule has 2 aromatic rings. The minimum atomic E-state index is -3.64. The lowest BCUT2D eigenvalue weighted by Gasteiger charge is -2.29. The Morgan fingerprint density at radius 2 is 2.03 bits per heavy atom. The third-order valence-electron chi connectivity index (χ3n) is 4.80. The maximum atomic E-state index is 12.9. The van der Waals surface area contributed by atoms with Gasteiger partial charge in [0.2, 0.25) is 17.7 Å². The summed E-state index contributed by atoms with van der Waals surface area (Å²) in [7, 11) is -3.64. The topological polar surface area (TPSA) is 136 Å². The molecule has 152 valence electrons. The fourth-order valence-corrected chi connectivity index (χ4v) is 3.79. The zero-order valence-electron chi connectivity index (χ0n) is 15.4. The number of amides is 3. The maximum Gasteiger partial charge on any atom is 0.264 e. The molecule has 29 heavy (non-hydrogen) atoms. The summed E-state index contributed by atoms with van der Waals surface area (Å²) in [5.74, 6) is -0.691. The van der Waals surface area contributed by atoms with E-state index in [0.717, 1.165) is 6.26 Å². The first-order chi connectivity index (χ1) is 13.7. The minimum absolute atomic E-state index is 0.0781. The van der Waals surface area contributed by atoms with Crippen LogP contribution >= 0.6 is 0 Å². The quantitative estimate of drug-likeness (QED) is 0.549. The van der Waals surface area contributed by atoms with Gasteiger partial charge in [0.15, 0.2) is 5.76 Å². The van der Waals surface area contributed by atoms with E-state index in [4.69, 9.17) is 4.42 Å². The number of hydrogen-bond acceptors (Lipinski definition) is 8. The van der Waals surface area contributed by atoms with Crippen LogP contribution < -0.4 is 5.32 Å². The van der Waals surface area contributed by atoms with Crippen molar-refractivity contribution >= 4 is 27.8 Å². The minimum Gasteiger partial charge on any atom is -0.438 e. The van der Waals surface area contributed by atoms with Crippen molar-refractivity contribution in [2.75, 3.05) is 6.26 Å². The fraction of sp³-hybridized carbons (Fsp3) is 0.333. The molecule has 3 heterocycles. The molecule has 1 N–H and O–H groups in total. The molecule has 4 rings (SSSR count). The summed E-state index contributed by atoms with van der Waals surface area (Å²) in [6, 6.07) is 4.39. The lowest BCUT2D eigenvalue weighted by Crippen LogP contribution is -2.52. The van der Waals surface area contributed by atoms with E-state index >= 15 is 0 Å². The smallest absolute Gasteiger partial charge is 0.264 e. The standard InChI is InChI=1S/C18H17N3O7S/c1-29(25,26)27-9-16-19-7-14(28-16)10-3-2-4-11-12(10)8-21(18(11)24)13-5-6-15(22)20-17(13)23/h2-4,7,13H,5-6,8-9H2,1H3,(H,20,22,23). The molecular formula is C18H17N3O7S. The maximum absolute atomic E-state index is 12.9. The van der Waals surface area contributed by atoms with Gasteiger partial charge in [-0.3, -0.25) is 23.9 Å². The molecule has 2 aliphatic heterocycles. The predicted octanol–water partition coefficient (Wildman–Crippen LogP) is 0.579. The van der Waals surface area contributed by atoms with Crippen LogP contribution in [0.4, 0.5) is 0 Å². The van der Waals surface area contributed by atoms with Gasteiger partial charge in [0.25, 0.3) is 16.0 Å². The lowest BCUT2D eigenvalue weighted by molar-refractivity contribution is -0.136. The number of fused-ring (bicyclic) bond motifs is 1. The van der Waals surface area contributed by atoms with Crippen molar-refractivity contribution in [1.82, 2.24) is 15.2 Å². The molecule has 1 fully saturated rings. The number of oxazole rings is 1. The molecule has 3 amide bonds. The predicted molar refractivity (Wildman–Crippen MR) is 97.6 cm³/mol. The third kappa shape index (κ3) is 3.78. The van der Waals surface area contributed by atoms with Crippen molar-refractivity contribution in [2.24, 2.45) is 0 Å². The van der Waals surface area contributed by atoms with Gasteiger partial charge >= 0.3 is 0 Å². The average Bonchev–Trinajstić information content (AvgIpc) is 3.25. The van der Waals surface area contributed by atoms with Crippen molar-refractivity contribution in [1.29, 1.82) is 0 Å². The Hall–Kier alpha value is -3.05. The number of nitrogens with one attached hydrogen (secondary N) is 1. The highest BCUT2D eigenvalue weighted by Gasteiger charge is 2.40. The lowest BCUT2D eigenvalue weighted by atomic mass is 10.0. The highest BCUT2D eigenvalue weighted by molar-refractivity contribution is 7.85. The van der Waals surface area contributed by atoms with Crippen LogP contribution in [-0.4, -0.2) is 48.3 Å². The Bertz CT molecular complexity index is 1120. The molecule has 0 saturated carbocycles. The van der Waals surface area contributed by atoms with Crippen LogP contribution in [0.15, 0.2) is 28.8 Å². The van der Waals surface area contributed by atoms with Gasteiger partial charge in [-0.05, 0) is 18.1 Å². The number of carbonyl (C=O) groups is 3. The van der Waals surface area contributed by atoms with Gasteiger partial charge in [-0.15, -0.1) is 0 Å². The molecule has 0 radical (unpaired) electrons. The Labute approximate surface area is 166 Å². The number of benzene rings is 1. The van der Waals surface area contributed by atoms with E-state index in [-0.39, 0.29) is 43.7 Å². The molecule has 0 aliphatic carbocycles. The Morgan fingerprint density at radius 3 is 2.76 bits per heavy atom. The Kier molecular flexibility index (Phi) is 4.71. The van der Waals surface area contributed by atoms with Gasteiger partial charge in [-0.2, -0.15) is 8.42 Å². The summed E-state index contributed by atoms with van der Waals surface area (Å²) < 4.78 is 32.5. The molecule has 2 aliphatic rings. The summed E-state index contributed by atoms with van der Waals surface area (Å²) in [4.78, 5) is 41.9. The Balaban J connectivity index is 1.60. The summed E-state index contributed by atoms with van der Waals surface area (Å²) in [6.45, 7) is -0.151. The first-order valence-electron chi connectivity index (χ1n) is 8.79. The van der Waals surface area contributed by atoms with Crippen LogP contribution in [0.2, 0.25) is 0 Å². The summed E-state index contributed by atoms with van der Waals surface area (Å²) in [6.07, 6.45) is 2.80. The van der Waals surface area contributed by atoms with Crippen molar-refractivity contribution < 1.29 is 31.4 Å². The summed E-state index contributed by atoms with van der Waals surface area (Å²) >= 11 is 0. The monoisotopic (exact) mass is 419 g/mol. The summed E-state index contributed by atoms with van der Waals surface area (Å²) in [5, 5.41) is 2.27. The van der Waals surface area contributed by atoms with Gasteiger partial charge in [0.1, 0.15) is 12.6 Å². The average molecular weight is 419 g/mol. The third-order valence-corrected chi connectivity index (χ3v) is 5.34. The van der Waals surface area contributed by atoms with Gasteiger partial charge < -0.3 is 9.32 Å². The van der Waals surface area contributed by atoms with Crippen molar-refractivity contribution in [3.8, 4) is 11.3 Å². The van der Waals surface area contributed by atoms with Crippen LogP contribution in [0.25, 0.3) is 11.3 Å². The number of rotatable bonds is 5. The van der Waals surface area contributed by atoms with E-state index < -0.39 is 22.1 Å². The second kappa shape index (κ2) is 7.08. The second-order valence-electron chi connectivity index (χ2n) is 6.82. The SMILES string of the molecule is CS(=O)(=O)OCc1ncc(-c2cccc3c2CN(C2CCC(=O)NC2=O)C3=O)o1. The highest BCUT2D eigenvalue weighted by atomic mass is 32.2. The van der Waals surface area contributed by atoms with E-state index in [2.05, 4.69) is 14.5 Å². The van der Waals surface area contributed by atoms with Gasteiger partial charge in [0, 0.05) is 24.1 Å². The van der Waals surface area contributed by atoms with E-state index in [9.17, 15) is 22.8 Å². The van der Waals surface area contributed by atoms with Gasteiger partial charge in [0.05, 0.1) is 12.5 Å². The van der Waals surface area contributed by atoms with E-state index in [1.165, 1.54) is 11.1 Å². The first kappa shape index (κ1) is 19.3. The fourth-order valence-electron chi connectivity index (χ4n) is 3.48. The number of nitrogens with zero attached hydrogens (tertiary/aromatic N) is 2. The normalized spacial score (nSPS) is 19.4. The molecule has 10 nitrogen and oxygen atoms in total. The zero-order chi connectivity index (χ0) is 20.8. The number of piperidine rings is 1. The number of hydrogen-bond donors (Lipinski definition) is 1. The molecule has 1 unspecified atom stereocenters. The van der Waals surface area contributed by atoms with Crippen LogP contribution in [-0.2, 0) is 37.0 Å². The number of carbonyl (C=O) groups excluding carboxylic acids is 3. The second-order valence-corrected chi connectivity index (χ2v) is 8.46. The van der Waals surface area contributed by atoms with E-state index in [0.29, 0.717) is 22.5 Å². The molecule has 1 atom stereocenters. The van der Waals surface area contributed by atoms with Crippen LogP contribution in [0.5, 0.6) is 0 Å². The molecule has 0 spiro atoms.